The van der Waals surface area contributed by atoms with Crippen molar-refractivity contribution in [2.75, 3.05) is 27.2 Å². The molecule has 0 aliphatic heterocycles. The molecule has 0 radical (unpaired) electrons. The predicted octanol–water partition coefficient (Wildman–Crippen LogP) is 2.40. The van der Waals surface area contributed by atoms with Crippen LogP contribution in [0, 0.1) is 0 Å². The number of sulfonamides is 1. The Morgan fingerprint density at radius 1 is 1.16 bits per heavy atom. The van der Waals surface area contributed by atoms with E-state index in [2.05, 4.69) is 5.32 Å². The van der Waals surface area contributed by atoms with Gasteiger partial charge in [0.05, 0.1) is 11.4 Å². The fourth-order valence-corrected chi connectivity index (χ4v) is 3.06. The van der Waals surface area contributed by atoms with Crippen LogP contribution in [0.1, 0.15) is 10.4 Å². The maximum absolute atomic E-state index is 12.1. The first-order chi connectivity index (χ1) is 11.8. The lowest BCUT2D eigenvalue weighted by molar-refractivity contribution is 0.0947. The summed E-state index contributed by atoms with van der Waals surface area (Å²) >= 11 is 5.86. The van der Waals surface area contributed by atoms with Gasteiger partial charge in [0.2, 0.25) is 10.0 Å². The van der Waals surface area contributed by atoms with Crippen molar-refractivity contribution in [2.45, 2.75) is 4.90 Å². The summed E-state index contributed by atoms with van der Waals surface area (Å²) < 4.78 is 30.6. The molecule has 0 unspecified atom stereocenters. The number of nitrogens with one attached hydrogen (secondary N) is 1. The zero-order chi connectivity index (χ0) is 18.4. The first-order valence-electron chi connectivity index (χ1n) is 7.50. The van der Waals surface area contributed by atoms with E-state index in [9.17, 15) is 13.2 Å². The van der Waals surface area contributed by atoms with Gasteiger partial charge in [0.1, 0.15) is 12.4 Å². The van der Waals surface area contributed by atoms with Gasteiger partial charge in [-0.15, -0.1) is 0 Å². The molecule has 0 spiro atoms. The van der Waals surface area contributed by atoms with Gasteiger partial charge in [-0.2, -0.15) is 0 Å². The van der Waals surface area contributed by atoms with Crippen LogP contribution in [-0.2, 0) is 10.0 Å². The van der Waals surface area contributed by atoms with Crippen molar-refractivity contribution in [1.29, 1.82) is 0 Å². The first kappa shape index (κ1) is 19.2. The van der Waals surface area contributed by atoms with E-state index in [0.717, 1.165) is 4.31 Å². The van der Waals surface area contributed by atoms with Gasteiger partial charge in [0, 0.05) is 24.7 Å². The number of amides is 1. The van der Waals surface area contributed by atoms with Crippen molar-refractivity contribution in [3.8, 4) is 5.75 Å². The van der Waals surface area contributed by atoms with E-state index < -0.39 is 10.0 Å². The summed E-state index contributed by atoms with van der Waals surface area (Å²) in [5.74, 6) is 0.323. The number of hydrogen-bond donors (Lipinski definition) is 1. The van der Waals surface area contributed by atoms with Crippen molar-refractivity contribution in [1.82, 2.24) is 9.62 Å². The molecule has 8 heteroatoms. The van der Waals surface area contributed by atoms with E-state index >= 15 is 0 Å². The van der Waals surface area contributed by atoms with Gasteiger partial charge in [-0.25, -0.2) is 12.7 Å². The van der Waals surface area contributed by atoms with Crippen molar-refractivity contribution in [3.05, 3.63) is 59.1 Å². The van der Waals surface area contributed by atoms with Crippen molar-refractivity contribution >= 4 is 27.5 Å². The van der Waals surface area contributed by atoms with E-state index in [4.69, 9.17) is 16.3 Å². The number of carbonyl (C=O) groups is 1. The van der Waals surface area contributed by atoms with Crippen LogP contribution in [0.15, 0.2) is 53.4 Å². The molecule has 6 nitrogen and oxygen atoms in total. The van der Waals surface area contributed by atoms with Gasteiger partial charge in [-0.3, -0.25) is 4.79 Å². The van der Waals surface area contributed by atoms with Gasteiger partial charge >= 0.3 is 0 Å². The smallest absolute Gasteiger partial charge is 0.251 e. The minimum absolute atomic E-state index is 0.137. The molecule has 2 rings (SSSR count). The maximum Gasteiger partial charge on any atom is 0.251 e. The minimum atomic E-state index is -3.50. The topological polar surface area (TPSA) is 75.7 Å². The standard InChI is InChI=1S/C17H19ClN2O4S/c1-20(2)25(22,23)16-8-6-13(7-9-16)17(21)19-10-11-24-15-5-3-4-14(18)12-15/h3-9,12H,10-11H2,1-2H3,(H,19,21). The van der Waals surface area contributed by atoms with Crippen LogP contribution >= 0.6 is 11.6 Å². The molecule has 2 aromatic carbocycles. The second-order valence-corrected chi connectivity index (χ2v) is 7.96. The number of rotatable bonds is 7. The van der Waals surface area contributed by atoms with E-state index in [1.807, 2.05) is 0 Å². The molecular formula is C17H19ClN2O4S. The lowest BCUT2D eigenvalue weighted by Crippen LogP contribution is -2.28. The van der Waals surface area contributed by atoms with Crippen LogP contribution < -0.4 is 10.1 Å². The Bertz CT molecular complexity index is 836. The van der Waals surface area contributed by atoms with E-state index in [1.54, 1.807) is 24.3 Å². The van der Waals surface area contributed by atoms with Gasteiger partial charge in [-0.1, -0.05) is 17.7 Å². The quantitative estimate of drug-likeness (QED) is 0.746. The zero-order valence-corrected chi connectivity index (χ0v) is 15.5. The largest absolute Gasteiger partial charge is 0.492 e. The molecule has 0 aromatic heterocycles. The van der Waals surface area contributed by atoms with Crippen molar-refractivity contribution < 1.29 is 17.9 Å². The number of carbonyl (C=O) groups excluding carboxylic acids is 1. The summed E-state index contributed by atoms with van der Waals surface area (Å²) in [7, 11) is -0.595. The lowest BCUT2D eigenvalue weighted by atomic mass is 10.2. The monoisotopic (exact) mass is 382 g/mol. The van der Waals surface area contributed by atoms with Crippen LogP contribution in [0.4, 0.5) is 0 Å². The van der Waals surface area contributed by atoms with Gasteiger partial charge in [0.25, 0.3) is 5.91 Å². The van der Waals surface area contributed by atoms with Crippen LogP contribution in [-0.4, -0.2) is 45.9 Å². The summed E-state index contributed by atoms with van der Waals surface area (Å²) in [5, 5.41) is 3.29. The second kappa shape index (κ2) is 8.33. The molecule has 0 fully saturated rings. The Balaban J connectivity index is 1.87. The summed E-state index contributed by atoms with van der Waals surface area (Å²) in [6.07, 6.45) is 0. The number of halogens is 1. The second-order valence-electron chi connectivity index (χ2n) is 5.37. The van der Waals surface area contributed by atoms with Crippen LogP contribution in [0.5, 0.6) is 5.75 Å². The van der Waals surface area contributed by atoms with Crippen molar-refractivity contribution in [3.63, 3.8) is 0 Å². The number of hydrogen-bond acceptors (Lipinski definition) is 4. The Morgan fingerprint density at radius 2 is 1.84 bits per heavy atom. The van der Waals surface area contributed by atoms with Gasteiger partial charge in [-0.05, 0) is 42.5 Å². The van der Waals surface area contributed by atoms with E-state index in [0.29, 0.717) is 29.5 Å². The predicted molar refractivity (Wildman–Crippen MR) is 96.6 cm³/mol. The molecule has 134 valence electrons. The SMILES string of the molecule is CN(C)S(=O)(=O)c1ccc(C(=O)NCCOc2cccc(Cl)c2)cc1. The molecule has 0 saturated carbocycles. The number of nitrogens with zero attached hydrogens (tertiary/aromatic N) is 1. The lowest BCUT2D eigenvalue weighted by Gasteiger charge is -2.12. The van der Waals surface area contributed by atoms with Gasteiger partial charge < -0.3 is 10.1 Å². The average Bonchev–Trinajstić information content (AvgIpc) is 2.58. The van der Waals surface area contributed by atoms with Crippen LogP contribution in [0.2, 0.25) is 5.02 Å². The molecular weight excluding hydrogens is 364 g/mol. The molecule has 1 amide bonds. The Hall–Kier alpha value is -2.09. The number of benzene rings is 2. The molecule has 0 bridgehead atoms. The minimum Gasteiger partial charge on any atom is -0.492 e. The average molecular weight is 383 g/mol. The van der Waals surface area contributed by atoms with Gasteiger partial charge in [0.15, 0.2) is 0 Å². The third-order valence-electron chi connectivity index (χ3n) is 3.35. The molecule has 1 N–H and O–H groups in total. The highest BCUT2D eigenvalue weighted by atomic mass is 35.5. The highest BCUT2D eigenvalue weighted by molar-refractivity contribution is 7.89. The molecule has 0 aliphatic carbocycles. The van der Waals surface area contributed by atoms with Crippen LogP contribution in [0.25, 0.3) is 0 Å². The fraction of sp³-hybridized carbons (Fsp3) is 0.235. The molecule has 0 heterocycles. The molecule has 0 atom stereocenters. The summed E-state index contributed by atoms with van der Waals surface area (Å²) in [5.41, 5.74) is 0.375. The van der Waals surface area contributed by atoms with E-state index in [1.165, 1.54) is 38.4 Å². The molecule has 0 aliphatic rings. The highest BCUT2D eigenvalue weighted by Gasteiger charge is 2.17. The number of ether oxygens (including phenoxy) is 1. The molecule has 2 aromatic rings. The van der Waals surface area contributed by atoms with Crippen molar-refractivity contribution in [2.24, 2.45) is 0 Å². The Labute approximate surface area is 152 Å². The molecule has 25 heavy (non-hydrogen) atoms. The third kappa shape index (κ3) is 5.19. The Kier molecular flexibility index (Phi) is 6.41. The van der Waals surface area contributed by atoms with Crippen LogP contribution in [0.3, 0.4) is 0 Å². The Morgan fingerprint density at radius 3 is 2.44 bits per heavy atom. The summed E-state index contributed by atoms with van der Waals surface area (Å²) in [4.78, 5) is 12.2. The summed E-state index contributed by atoms with van der Waals surface area (Å²) in [6, 6.07) is 12.8. The maximum atomic E-state index is 12.1. The first-order valence-corrected chi connectivity index (χ1v) is 9.31. The molecule has 0 saturated heterocycles. The highest BCUT2D eigenvalue weighted by Crippen LogP contribution is 2.17. The fourth-order valence-electron chi connectivity index (χ4n) is 1.98. The normalized spacial score (nSPS) is 11.4. The zero-order valence-electron chi connectivity index (χ0n) is 13.9. The van der Waals surface area contributed by atoms with E-state index in [-0.39, 0.29) is 10.8 Å². The third-order valence-corrected chi connectivity index (χ3v) is 5.41. The summed E-state index contributed by atoms with van der Waals surface area (Å²) in [6.45, 7) is 0.599.